The summed E-state index contributed by atoms with van der Waals surface area (Å²) in [5.74, 6) is 0.0454. The van der Waals surface area contributed by atoms with Gasteiger partial charge in [0.2, 0.25) is 0 Å². The van der Waals surface area contributed by atoms with Crippen LogP contribution in [0.2, 0.25) is 0 Å². The maximum absolute atomic E-state index is 12.8. The highest BCUT2D eigenvalue weighted by atomic mass is 16.1. The Bertz CT molecular complexity index is 1390. The fourth-order valence-corrected chi connectivity index (χ4v) is 4.54. The van der Waals surface area contributed by atoms with Crippen molar-refractivity contribution in [2.24, 2.45) is 0 Å². The maximum atomic E-state index is 12.8. The SMILES string of the molecule is O=C1C=CC2=CCc3ccc(=O)c4ccc5cccc6c1c2c3c4c56. The van der Waals surface area contributed by atoms with Gasteiger partial charge in [0.15, 0.2) is 11.2 Å². The van der Waals surface area contributed by atoms with Gasteiger partial charge in [0.05, 0.1) is 0 Å². The largest absolute Gasteiger partial charge is 0.289 e. The molecule has 0 radical (unpaired) electrons. The van der Waals surface area contributed by atoms with E-state index in [1.807, 2.05) is 36.4 Å². The fraction of sp³-hybridized carbons (Fsp3) is 0.0435. The molecule has 2 aliphatic carbocycles. The Balaban J connectivity index is 2.12. The molecule has 0 spiro atoms. The lowest BCUT2D eigenvalue weighted by molar-refractivity contribution is 0.104. The summed E-state index contributed by atoms with van der Waals surface area (Å²) in [6.45, 7) is 0. The summed E-state index contributed by atoms with van der Waals surface area (Å²) >= 11 is 0. The van der Waals surface area contributed by atoms with E-state index in [4.69, 9.17) is 0 Å². The lowest BCUT2D eigenvalue weighted by atomic mass is 9.78. The third kappa shape index (κ3) is 1.46. The van der Waals surface area contributed by atoms with Crippen molar-refractivity contribution in [2.75, 3.05) is 0 Å². The molecule has 0 heterocycles. The van der Waals surface area contributed by atoms with Crippen molar-refractivity contribution in [3.8, 4) is 0 Å². The van der Waals surface area contributed by atoms with Crippen molar-refractivity contribution in [1.82, 2.24) is 0 Å². The Hall–Kier alpha value is -3.26. The Morgan fingerprint density at radius 2 is 1.64 bits per heavy atom. The number of ketones is 1. The van der Waals surface area contributed by atoms with Gasteiger partial charge >= 0.3 is 0 Å². The molecule has 2 nitrogen and oxygen atoms in total. The number of allylic oxidation sites excluding steroid dienone is 4. The second-order valence-electron chi connectivity index (χ2n) is 6.80. The van der Waals surface area contributed by atoms with Gasteiger partial charge in [0.1, 0.15) is 0 Å². The molecule has 4 aromatic rings. The molecule has 2 aliphatic rings. The maximum Gasteiger partial charge on any atom is 0.187 e. The van der Waals surface area contributed by atoms with Crippen molar-refractivity contribution >= 4 is 43.7 Å². The van der Waals surface area contributed by atoms with Crippen LogP contribution in [0.25, 0.3) is 37.9 Å². The first-order valence-corrected chi connectivity index (χ1v) is 8.43. The first-order valence-electron chi connectivity index (χ1n) is 8.43. The number of rotatable bonds is 0. The van der Waals surface area contributed by atoms with Gasteiger partial charge in [0, 0.05) is 21.9 Å². The number of fused-ring (bicyclic) bond motifs is 1. The number of hydrogen-bond acceptors (Lipinski definition) is 2. The molecule has 4 aromatic carbocycles. The summed E-state index contributed by atoms with van der Waals surface area (Å²) in [5.41, 5.74) is 4.02. The van der Waals surface area contributed by atoms with Crippen LogP contribution in [0.3, 0.4) is 0 Å². The zero-order chi connectivity index (χ0) is 16.7. The standard InChI is InChI=1S/C23H12O2/c24-17-10-7-14-5-4-13-8-11-18(25)22-16-3-1-2-12-6-9-15(17)23(19(12)16)21(14)20(13)22/h1-4,6-11H,5H2. The predicted molar refractivity (Wildman–Crippen MR) is 102 cm³/mol. The molecule has 2 heteroatoms. The topological polar surface area (TPSA) is 34.1 Å². The molecule has 0 aliphatic heterocycles. The molecule has 0 bridgehead atoms. The highest BCUT2D eigenvalue weighted by molar-refractivity contribution is 6.33. The van der Waals surface area contributed by atoms with Crippen LogP contribution < -0.4 is 5.43 Å². The van der Waals surface area contributed by atoms with Crippen molar-refractivity contribution in [3.05, 3.63) is 87.6 Å². The first kappa shape index (κ1) is 13.1. The van der Waals surface area contributed by atoms with Crippen molar-refractivity contribution in [2.45, 2.75) is 6.42 Å². The van der Waals surface area contributed by atoms with Crippen LogP contribution in [-0.4, -0.2) is 5.78 Å². The molecule has 0 atom stereocenters. The third-order valence-electron chi connectivity index (χ3n) is 5.58. The molecule has 25 heavy (non-hydrogen) atoms. The number of hydrogen-bond donors (Lipinski definition) is 0. The highest BCUT2D eigenvalue weighted by Gasteiger charge is 2.27. The van der Waals surface area contributed by atoms with Gasteiger partial charge in [-0.05, 0) is 57.3 Å². The second kappa shape index (κ2) is 4.22. The lowest BCUT2D eigenvalue weighted by Crippen LogP contribution is -2.10. The molecule has 0 amide bonds. The van der Waals surface area contributed by atoms with Gasteiger partial charge in [-0.15, -0.1) is 0 Å². The van der Waals surface area contributed by atoms with E-state index < -0.39 is 0 Å². The molecule has 0 fully saturated rings. The monoisotopic (exact) mass is 320 g/mol. The van der Waals surface area contributed by atoms with Crippen LogP contribution in [0.4, 0.5) is 0 Å². The summed E-state index contributed by atoms with van der Waals surface area (Å²) < 4.78 is 0. The van der Waals surface area contributed by atoms with E-state index in [0.717, 1.165) is 61.0 Å². The fourth-order valence-electron chi connectivity index (χ4n) is 4.54. The van der Waals surface area contributed by atoms with Gasteiger partial charge in [-0.2, -0.15) is 0 Å². The van der Waals surface area contributed by atoms with E-state index in [-0.39, 0.29) is 11.2 Å². The highest BCUT2D eigenvalue weighted by Crippen LogP contribution is 2.45. The summed E-state index contributed by atoms with van der Waals surface area (Å²) in [7, 11) is 0. The lowest BCUT2D eigenvalue weighted by Gasteiger charge is -2.24. The van der Waals surface area contributed by atoms with Crippen LogP contribution in [0.5, 0.6) is 0 Å². The average molecular weight is 320 g/mol. The van der Waals surface area contributed by atoms with E-state index >= 15 is 0 Å². The van der Waals surface area contributed by atoms with Crippen LogP contribution >= 0.6 is 0 Å². The van der Waals surface area contributed by atoms with E-state index in [1.54, 1.807) is 12.1 Å². The van der Waals surface area contributed by atoms with Crippen molar-refractivity contribution in [1.29, 1.82) is 0 Å². The summed E-state index contributed by atoms with van der Waals surface area (Å²) in [5, 5.41) is 5.87. The molecule has 0 saturated carbocycles. The van der Waals surface area contributed by atoms with Crippen LogP contribution in [0.1, 0.15) is 21.5 Å². The number of carbonyl (C=O) groups excluding carboxylic acids is 1. The Labute approximate surface area is 143 Å². The van der Waals surface area contributed by atoms with Gasteiger partial charge in [-0.1, -0.05) is 42.5 Å². The molecule has 0 unspecified atom stereocenters. The summed E-state index contributed by atoms with van der Waals surface area (Å²) in [6, 6.07) is 13.6. The first-order chi connectivity index (χ1) is 12.2. The van der Waals surface area contributed by atoms with Gasteiger partial charge in [-0.25, -0.2) is 0 Å². The molecule has 0 aromatic heterocycles. The molecular weight excluding hydrogens is 308 g/mol. The molecule has 0 saturated heterocycles. The van der Waals surface area contributed by atoms with Crippen LogP contribution in [0.15, 0.2) is 65.5 Å². The predicted octanol–water partition coefficient (Wildman–Crippen LogP) is 4.64. The zero-order valence-corrected chi connectivity index (χ0v) is 13.3. The average Bonchev–Trinajstić information content (AvgIpc) is 2.78. The minimum Gasteiger partial charge on any atom is -0.289 e. The number of carbonyl (C=O) groups is 1. The molecule has 6 rings (SSSR count). The summed E-state index contributed by atoms with van der Waals surface area (Å²) in [4.78, 5) is 25.5. The molecule has 0 N–H and O–H groups in total. The number of benzene rings is 3. The minimum atomic E-state index is 0.0318. The Morgan fingerprint density at radius 3 is 2.56 bits per heavy atom. The van der Waals surface area contributed by atoms with Crippen molar-refractivity contribution < 1.29 is 4.79 Å². The second-order valence-corrected chi connectivity index (χ2v) is 6.80. The minimum absolute atomic E-state index is 0.0318. The van der Waals surface area contributed by atoms with Gasteiger partial charge in [0.25, 0.3) is 0 Å². The Morgan fingerprint density at radius 1 is 0.720 bits per heavy atom. The van der Waals surface area contributed by atoms with Gasteiger partial charge in [-0.3, -0.25) is 9.59 Å². The molecular formula is C23H12O2. The van der Waals surface area contributed by atoms with E-state index in [9.17, 15) is 9.59 Å². The van der Waals surface area contributed by atoms with Gasteiger partial charge < -0.3 is 0 Å². The van der Waals surface area contributed by atoms with Crippen LogP contribution in [0, 0.1) is 0 Å². The summed E-state index contributed by atoms with van der Waals surface area (Å²) in [6.07, 6.45) is 6.52. The van der Waals surface area contributed by atoms with Crippen LogP contribution in [-0.2, 0) is 6.42 Å². The van der Waals surface area contributed by atoms with E-state index in [2.05, 4.69) is 12.1 Å². The van der Waals surface area contributed by atoms with E-state index in [0.29, 0.717) is 0 Å². The third-order valence-corrected chi connectivity index (χ3v) is 5.58. The quantitative estimate of drug-likeness (QED) is 0.473. The molecule has 116 valence electrons. The van der Waals surface area contributed by atoms with E-state index in [1.165, 1.54) is 0 Å². The zero-order valence-electron chi connectivity index (χ0n) is 13.3. The smallest absolute Gasteiger partial charge is 0.187 e. The Kier molecular flexibility index (Phi) is 2.21. The normalized spacial score (nSPS) is 15.4. The van der Waals surface area contributed by atoms with Crippen molar-refractivity contribution in [3.63, 3.8) is 0 Å².